The monoisotopic (exact) mass is 314 g/mol. The lowest BCUT2D eigenvalue weighted by Crippen LogP contribution is -2.50. The Morgan fingerprint density at radius 2 is 2.27 bits per heavy atom. The smallest absolute Gasteiger partial charge is 0.245 e. The molecule has 1 saturated heterocycles. The number of nitrogens with two attached hydrogens (primary N) is 1. The van der Waals surface area contributed by atoms with Crippen LogP contribution in [0.15, 0.2) is 22.8 Å². The summed E-state index contributed by atoms with van der Waals surface area (Å²) in [5.41, 5.74) is 5.51. The third-order valence-corrected chi connectivity index (χ3v) is 4.35. The molecule has 2 rings (SSSR count). The Bertz CT molecular complexity index is 485. The molecule has 3 atom stereocenters. The van der Waals surface area contributed by atoms with Crippen LogP contribution in [0, 0.1) is 5.92 Å². The van der Waals surface area contributed by atoms with E-state index in [0.29, 0.717) is 25.8 Å². The molecule has 0 aromatic carbocycles. The molecule has 0 radical (unpaired) electrons. The molecule has 1 aromatic heterocycles. The summed E-state index contributed by atoms with van der Waals surface area (Å²) in [6, 6.07) is 3.13. The third-order valence-electron chi connectivity index (χ3n) is 4.35. The number of rotatable bonds is 6. The van der Waals surface area contributed by atoms with Crippen LogP contribution in [-0.2, 0) is 4.79 Å². The first-order valence-electron chi connectivity index (χ1n) is 7.78. The molecule has 22 heavy (non-hydrogen) atoms. The van der Waals surface area contributed by atoms with Gasteiger partial charge in [-0.3, -0.25) is 9.69 Å². The molecule has 124 valence electrons. The van der Waals surface area contributed by atoms with Crippen LogP contribution >= 0.6 is 0 Å². The van der Waals surface area contributed by atoms with Crippen molar-refractivity contribution in [1.82, 2.24) is 4.90 Å². The number of halogens is 2. The summed E-state index contributed by atoms with van der Waals surface area (Å²) in [6.07, 6.45) is 3.37. The summed E-state index contributed by atoms with van der Waals surface area (Å²) >= 11 is 0. The van der Waals surface area contributed by atoms with Crippen LogP contribution in [0.4, 0.5) is 8.78 Å². The normalized spacial score (nSPS) is 25.1. The van der Waals surface area contributed by atoms with E-state index in [1.54, 1.807) is 12.3 Å². The van der Waals surface area contributed by atoms with Gasteiger partial charge >= 0.3 is 0 Å². The van der Waals surface area contributed by atoms with Gasteiger partial charge in [0.05, 0.1) is 18.3 Å². The molecule has 6 heteroatoms. The molecule has 3 unspecified atom stereocenters. The summed E-state index contributed by atoms with van der Waals surface area (Å²) in [5, 5.41) is 0. The first kappa shape index (κ1) is 16.9. The molecular weight excluding hydrogens is 290 g/mol. The van der Waals surface area contributed by atoms with Crippen LogP contribution in [0.2, 0.25) is 0 Å². The van der Waals surface area contributed by atoms with E-state index < -0.39 is 17.9 Å². The van der Waals surface area contributed by atoms with Crippen LogP contribution < -0.4 is 5.73 Å². The molecule has 2 N–H and O–H groups in total. The predicted octanol–water partition coefficient (Wildman–Crippen LogP) is 3.34. The minimum absolute atomic E-state index is 0.0748. The van der Waals surface area contributed by atoms with Crippen molar-refractivity contribution in [2.24, 2.45) is 11.7 Å². The van der Waals surface area contributed by atoms with E-state index in [0.717, 1.165) is 12.7 Å². The number of primary amides is 1. The lowest BCUT2D eigenvalue weighted by Gasteiger charge is -2.42. The van der Waals surface area contributed by atoms with Crippen LogP contribution in [0.1, 0.15) is 51.3 Å². The van der Waals surface area contributed by atoms with Crippen LogP contribution in [0.3, 0.4) is 0 Å². The van der Waals surface area contributed by atoms with E-state index in [1.807, 2.05) is 17.9 Å². The van der Waals surface area contributed by atoms with E-state index >= 15 is 0 Å². The van der Waals surface area contributed by atoms with Gasteiger partial charge in [-0.1, -0.05) is 6.92 Å². The Kier molecular flexibility index (Phi) is 5.21. The maximum Gasteiger partial charge on any atom is 0.245 e. The molecule has 1 aromatic rings. The summed E-state index contributed by atoms with van der Waals surface area (Å²) < 4.78 is 32.1. The number of likely N-dealkylation sites (tertiary alicyclic amines) is 1. The van der Waals surface area contributed by atoms with Crippen molar-refractivity contribution >= 4 is 5.91 Å². The minimum Gasteiger partial charge on any atom is -0.468 e. The van der Waals surface area contributed by atoms with Crippen molar-refractivity contribution in [2.75, 3.05) is 6.54 Å². The third kappa shape index (κ3) is 4.06. The molecule has 1 fully saturated rings. The van der Waals surface area contributed by atoms with Crippen LogP contribution in [0.5, 0.6) is 0 Å². The van der Waals surface area contributed by atoms with Gasteiger partial charge in [-0.15, -0.1) is 0 Å². The Labute approximate surface area is 129 Å². The number of furan rings is 1. The average molecular weight is 314 g/mol. The number of amides is 1. The zero-order chi connectivity index (χ0) is 16.3. The highest BCUT2D eigenvalue weighted by molar-refractivity contribution is 5.79. The van der Waals surface area contributed by atoms with Gasteiger partial charge in [0.25, 0.3) is 0 Å². The Morgan fingerprint density at radius 1 is 1.55 bits per heavy atom. The van der Waals surface area contributed by atoms with Gasteiger partial charge < -0.3 is 10.2 Å². The number of hydrogen-bond donors (Lipinski definition) is 1. The number of carbonyl (C=O) groups is 1. The van der Waals surface area contributed by atoms with Crippen molar-refractivity contribution in [3.8, 4) is 0 Å². The Balaban J connectivity index is 2.20. The summed E-state index contributed by atoms with van der Waals surface area (Å²) in [6.45, 7) is 3.27. The van der Waals surface area contributed by atoms with E-state index in [2.05, 4.69) is 0 Å². The molecule has 4 nitrogen and oxygen atoms in total. The fraction of sp³-hybridized carbons (Fsp3) is 0.688. The molecule has 1 aliphatic heterocycles. The highest BCUT2D eigenvalue weighted by atomic mass is 19.3. The lowest BCUT2D eigenvalue weighted by molar-refractivity contribution is -0.126. The van der Waals surface area contributed by atoms with Gasteiger partial charge in [-0.05, 0) is 44.2 Å². The summed E-state index contributed by atoms with van der Waals surface area (Å²) in [7, 11) is 0. The number of hydrogen-bond acceptors (Lipinski definition) is 3. The minimum atomic E-state index is -2.69. The second-order valence-corrected chi connectivity index (χ2v) is 6.27. The van der Waals surface area contributed by atoms with Gasteiger partial charge in [0.15, 0.2) is 0 Å². The lowest BCUT2D eigenvalue weighted by atomic mass is 9.86. The van der Waals surface area contributed by atoms with Crippen molar-refractivity contribution in [1.29, 1.82) is 0 Å². The first-order chi connectivity index (χ1) is 10.3. The quantitative estimate of drug-likeness (QED) is 0.876. The molecule has 0 aliphatic carbocycles. The van der Waals surface area contributed by atoms with Crippen LogP contribution in [-0.4, -0.2) is 29.3 Å². The van der Waals surface area contributed by atoms with Gasteiger partial charge in [0, 0.05) is 13.0 Å². The van der Waals surface area contributed by atoms with Gasteiger partial charge in [-0.25, -0.2) is 8.78 Å². The zero-order valence-electron chi connectivity index (χ0n) is 13.1. The van der Waals surface area contributed by atoms with E-state index in [4.69, 9.17) is 10.2 Å². The number of piperidine rings is 1. The second-order valence-electron chi connectivity index (χ2n) is 6.27. The predicted molar refractivity (Wildman–Crippen MR) is 79.4 cm³/mol. The highest BCUT2D eigenvalue weighted by Crippen LogP contribution is 2.39. The van der Waals surface area contributed by atoms with Crippen molar-refractivity contribution in [2.45, 2.75) is 57.5 Å². The molecule has 1 aliphatic rings. The number of nitrogens with zero attached hydrogens (tertiary/aromatic N) is 1. The topological polar surface area (TPSA) is 59.5 Å². The zero-order valence-corrected chi connectivity index (χ0v) is 13.1. The van der Waals surface area contributed by atoms with E-state index in [-0.39, 0.29) is 18.4 Å². The average Bonchev–Trinajstić information content (AvgIpc) is 2.91. The maximum absolute atomic E-state index is 13.3. The van der Waals surface area contributed by atoms with Crippen LogP contribution in [0.25, 0.3) is 0 Å². The van der Waals surface area contributed by atoms with Gasteiger partial charge in [-0.2, -0.15) is 0 Å². The number of carbonyl (C=O) groups excluding carboxylic acids is 1. The molecular formula is C16H24F2N2O2. The fourth-order valence-corrected chi connectivity index (χ4v) is 3.48. The first-order valence-corrected chi connectivity index (χ1v) is 7.78. The SMILES string of the molecule is CCC(C(N)=O)N1CC(CC(C)(F)F)CCC1c1ccco1. The van der Waals surface area contributed by atoms with E-state index in [1.165, 1.54) is 0 Å². The molecule has 0 saturated carbocycles. The van der Waals surface area contributed by atoms with Gasteiger partial charge in [0.1, 0.15) is 5.76 Å². The standard InChI is InChI=1S/C16H24F2N2O2/c1-3-12(15(19)21)20-10-11(9-16(2,17)18)6-7-13(20)14-5-4-8-22-14/h4-5,8,11-13H,3,6-7,9-10H2,1-2H3,(H2,19,21). The second kappa shape index (κ2) is 6.77. The van der Waals surface area contributed by atoms with Crippen molar-refractivity contribution < 1.29 is 18.0 Å². The summed E-state index contributed by atoms with van der Waals surface area (Å²) in [5.74, 6) is -2.48. The summed E-state index contributed by atoms with van der Waals surface area (Å²) in [4.78, 5) is 13.7. The van der Waals surface area contributed by atoms with Gasteiger partial charge in [0.2, 0.25) is 11.8 Å². The Morgan fingerprint density at radius 3 is 2.77 bits per heavy atom. The molecule has 2 heterocycles. The highest BCUT2D eigenvalue weighted by Gasteiger charge is 2.39. The number of alkyl halides is 2. The van der Waals surface area contributed by atoms with Crippen molar-refractivity contribution in [3.63, 3.8) is 0 Å². The maximum atomic E-state index is 13.3. The fourth-order valence-electron chi connectivity index (χ4n) is 3.48. The van der Waals surface area contributed by atoms with E-state index in [9.17, 15) is 13.6 Å². The Hall–Kier alpha value is -1.43. The molecule has 0 spiro atoms. The molecule has 0 bridgehead atoms. The largest absolute Gasteiger partial charge is 0.468 e. The van der Waals surface area contributed by atoms with Crippen molar-refractivity contribution in [3.05, 3.63) is 24.2 Å². The molecule has 1 amide bonds.